The lowest BCUT2D eigenvalue weighted by atomic mass is 10.1. The average molecular weight is 193 g/mol. The van der Waals surface area contributed by atoms with Crippen LogP contribution >= 0.6 is 0 Å². The minimum Gasteiger partial charge on any atom is -0.494 e. The molecule has 0 aromatic heterocycles. The van der Waals surface area contributed by atoms with Crippen molar-refractivity contribution < 1.29 is 9.94 Å². The fourth-order valence-corrected chi connectivity index (χ4v) is 1.07. The normalized spacial score (nSPS) is 11.4. The summed E-state index contributed by atoms with van der Waals surface area (Å²) < 4.78 is 5.42. The summed E-state index contributed by atoms with van der Waals surface area (Å²) in [5.74, 6) is 0.848. The first-order chi connectivity index (χ1) is 6.77. The minimum absolute atomic E-state index is 0.604. The lowest BCUT2D eigenvalue weighted by Crippen LogP contribution is -1.97. The van der Waals surface area contributed by atoms with Crippen LogP contribution in [0.5, 0.6) is 5.75 Å². The Morgan fingerprint density at radius 2 is 2.00 bits per heavy atom. The van der Waals surface area contributed by atoms with Gasteiger partial charge in [0.15, 0.2) is 0 Å². The van der Waals surface area contributed by atoms with Crippen molar-refractivity contribution >= 4 is 5.71 Å². The number of rotatable bonds is 4. The summed E-state index contributed by atoms with van der Waals surface area (Å²) in [6.07, 6.45) is 0.999. The van der Waals surface area contributed by atoms with Crippen LogP contribution in [-0.2, 0) is 0 Å². The number of hydrogen-bond acceptors (Lipinski definition) is 3. The number of nitrogens with zero attached hydrogens (tertiary/aromatic N) is 1. The number of benzene rings is 1. The van der Waals surface area contributed by atoms with Crippen LogP contribution in [0.4, 0.5) is 0 Å². The van der Waals surface area contributed by atoms with E-state index in [-0.39, 0.29) is 0 Å². The van der Waals surface area contributed by atoms with Gasteiger partial charge in [-0.15, -0.1) is 0 Å². The summed E-state index contributed by atoms with van der Waals surface area (Å²) in [5.41, 5.74) is 1.50. The smallest absolute Gasteiger partial charge is 0.119 e. The molecule has 0 aliphatic heterocycles. The van der Waals surface area contributed by atoms with Gasteiger partial charge in [0, 0.05) is 0 Å². The maximum atomic E-state index is 8.56. The predicted molar refractivity (Wildman–Crippen MR) is 56.2 cm³/mol. The Kier molecular flexibility index (Phi) is 3.98. The molecule has 3 heteroatoms. The molecule has 0 bridgehead atoms. The Hall–Kier alpha value is -1.51. The lowest BCUT2D eigenvalue weighted by Gasteiger charge is -2.04. The van der Waals surface area contributed by atoms with Gasteiger partial charge in [-0.05, 0) is 43.2 Å². The molecule has 0 saturated heterocycles. The van der Waals surface area contributed by atoms with Gasteiger partial charge in [-0.25, -0.2) is 0 Å². The third kappa shape index (κ3) is 2.76. The molecule has 0 spiro atoms. The van der Waals surface area contributed by atoms with Crippen LogP contribution in [0, 0.1) is 0 Å². The van der Waals surface area contributed by atoms with E-state index in [1.54, 1.807) is 6.92 Å². The van der Waals surface area contributed by atoms with E-state index in [2.05, 4.69) is 12.1 Å². The van der Waals surface area contributed by atoms with E-state index < -0.39 is 0 Å². The van der Waals surface area contributed by atoms with Gasteiger partial charge >= 0.3 is 0 Å². The molecular weight excluding hydrogens is 178 g/mol. The van der Waals surface area contributed by atoms with Crippen LogP contribution in [0.2, 0.25) is 0 Å². The Balaban J connectivity index is 2.68. The van der Waals surface area contributed by atoms with Gasteiger partial charge < -0.3 is 9.94 Å². The largest absolute Gasteiger partial charge is 0.494 e. The number of oxime groups is 1. The summed E-state index contributed by atoms with van der Waals surface area (Å²) in [6.45, 7) is 4.55. The number of hydrogen-bond donors (Lipinski definition) is 1. The molecule has 1 aromatic rings. The average Bonchev–Trinajstić information content (AvgIpc) is 2.26. The summed E-state index contributed by atoms with van der Waals surface area (Å²) in [5, 5.41) is 11.7. The topological polar surface area (TPSA) is 41.8 Å². The van der Waals surface area contributed by atoms with Crippen LogP contribution in [0.3, 0.4) is 0 Å². The predicted octanol–water partition coefficient (Wildman–Crippen LogP) is 2.67. The molecule has 0 amide bonds. The highest BCUT2D eigenvalue weighted by Gasteiger charge is 1.98. The van der Waals surface area contributed by atoms with Gasteiger partial charge in [0.25, 0.3) is 0 Å². The fourth-order valence-electron chi connectivity index (χ4n) is 1.07. The second-order valence-corrected chi connectivity index (χ2v) is 3.06. The van der Waals surface area contributed by atoms with E-state index in [0.29, 0.717) is 5.71 Å². The van der Waals surface area contributed by atoms with Crippen LogP contribution in [-0.4, -0.2) is 17.5 Å². The van der Waals surface area contributed by atoms with Crippen molar-refractivity contribution in [3.05, 3.63) is 29.8 Å². The molecule has 1 aromatic carbocycles. The molecule has 0 aliphatic rings. The van der Waals surface area contributed by atoms with Crippen molar-refractivity contribution in [2.24, 2.45) is 5.16 Å². The molecule has 0 unspecified atom stereocenters. The van der Waals surface area contributed by atoms with E-state index in [9.17, 15) is 0 Å². The third-order valence-electron chi connectivity index (χ3n) is 1.89. The molecule has 0 atom stereocenters. The molecule has 14 heavy (non-hydrogen) atoms. The summed E-state index contributed by atoms with van der Waals surface area (Å²) >= 11 is 0. The minimum atomic E-state index is 0.604. The highest BCUT2D eigenvalue weighted by molar-refractivity contribution is 5.98. The van der Waals surface area contributed by atoms with Crippen molar-refractivity contribution in [1.29, 1.82) is 0 Å². The van der Waals surface area contributed by atoms with Gasteiger partial charge in [0.1, 0.15) is 5.75 Å². The lowest BCUT2D eigenvalue weighted by molar-refractivity contribution is 0.317. The maximum absolute atomic E-state index is 8.56. The molecule has 0 saturated carbocycles. The van der Waals surface area contributed by atoms with E-state index >= 15 is 0 Å². The van der Waals surface area contributed by atoms with Gasteiger partial charge in [-0.2, -0.15) is 0 Å². The van der Waals surface area contributed by atoms with E-state index in [1.807, 2.05) is 24.3 Å². The highest BCUT2D eigenvalue weighted by Crippen LogP contribution is 2.12. The third-order valence-corrected chi connectivity index (χ3v) is 1.89. The summed E-state index contributed by atoms with van der Waals surface area (Å²) in [4.78, 5) is 0. The molecule has 3 nitrogen and oxygen atoms in total. The Morgan fingerprint density at radius 3 is 2.50 bits per heavy atom. The second kappa shape index (κ2) is 5.27. The monoisotopic (exact) mass is 193 g/mol. The molecule has 0 radical (unpaired) electrons. The van der Waals surface area contributed by atoms with Crippen molar-refractivity contribution in [3.8, 4) is 5.75 Å². The standard InChI is InChI=1S/C11H15NO2/c1-3-8-14-11-6-4-10(5-7-11)9(2)12-13/h4-7,13H,3,8H2,1-2H3/b12-9-. The van der Waals surface area contributed by atoms with Crippen LogP contribution < -0.4 is 4.74 Å². The Labute approximate surface area is 84.0 Å². The molecular formula is C11H15NO2. The molecule has 0 fully saturated rings. The maximum Gasteiger partial charge on any atom is 0.119 e. The van der Waals surface area contributed by atoms with Crippen molar-refractivity contribution in [2.75, 3.05) is 6.61 Å². The molecule has 1 N–H and O–H groups in total. The zero-order valence-corrected chi connectivity index (χ0v) is 8.53. The summed E-state index contributed by atoms with van der Waals surface area (Å²) in [7, 11) is 0. The second-order valence-electron chi connectivity index (χ2n) is 3.06. The first-order valence-electron chi connectivity index (χ1n) is 4.69. The van der Waals surface area contributed by atoms with Crippen molar-refractivity contribution in [1.82, 2.24) is 0 Å². The molecule has 0 heterocycles. The molecule has 1 rings (SSSR count). The summed E-state index contributed by atoms with van der Waals surface area (Å²) in [6, 6.07) is 7.50. The van der Waals surface area contributed by atoms with Gasteiger partial charge in [0.2, 0.25) is 0 Å². The zero-order valence-electron chi connectivity index (χ0n) is 8.53. The highest BCUT2D eigenvalue weighted by atomic mass is 16.5. The molecule has 76 valence electrons. The first kappa shape index (κ1) is 10.6. The quantitative estimate of drug-likeness (QED) is 0.454. The van der Waals surface area contributed by atoms with Crippen molar-refractivity contribution in [3.63, 3.8) is 0 Å². The van der Waals surface area contributed by atoms with Gasteiger partial charge in [0.05, 0.1) is 12.3 Å². The van der Waals surface area contributed by atoms with Crippen LogP contribution in [0.1, 0.15) is 25.8 Å². The van der Waals surface area contributed by atoms with Gasteiger partial charge in [-0.1, -0.05) is 12.1 Å². The van der Waals surface area contributed by atoms with Crippen LogP contribution in [0.15, 0.2) is 29.4 Å². The number of ether oxygens (including phenoxy) is 1. The zero-order chi connectivity index (χ0) is 10.4. The van der Waals surface area contributed by atoms with Crippen molar-refractivity contribution in [2.45, 2.75) is 20.3 Å². The Bertz CT molecular complexity index is 304. The van der Waals surface area contributed by atoms with E-state index in [0.717, 1.165) is 24.3 Å². The molecule has 0 aliphatic carbocycles. The van der Waals surface area contributed by atoms with Gasteiger partial charge in [-0.3, -0.25) is 0 Å². The first-order valence-corrected chi connectivity index (χ1v) is 4.69. The fraction of sp³-hybridized carbons (Fsp3) is 0.364. The van der Waals surface area contributed by atoms with E-state index in [4.69, 9.17) is 9.94 Å². The van der Waals surface area contributed by atoms with Crippen LogP contribution in [0.25, 0.3) is 0 Å². The Morgan fingerprint density at radius 1 is 1.36 bits per heavy atom. The van der Waals surface area contributed by atoms with E-state index in [1.165, 1.54) is 0 Å². The SMILES string of the molecule is CCCOc1ccc(/C(C)=N\O)cc1.